The molecule has 0 saturated heterocycles. The lowest BCUT2D eigenvalue weighted by Crippen LogP contribution is -2.20. The van der Waals surface area contributed by atoms with Crippen LogP contribution >= 0.6 is 0 Å². The van der Waals surface area contributed by atoms with Gasteiger partial charge in [-0.05, 0) is 12.5 Å². The first-order chi connectivity index (χ1) is 9.01. The van der Waals surface area contributed by atoms with Crippen LogP contribution in [-0.4, -0.2) is 5.78 Å². The highest BCUT2D eigenvalue weighted by Gasteiger charge is 2.27. The summed E-state index contributed by atoms with van der Waals surface area (Å²) in [4.78, 5) is 12.1. The molecule has 0 saturated carbocycles. The molecular weight excluding hydrogens is 248 g/mol. The lowest BCUT2D eigenvalue weighted by atomic mass is 9.86. The van der Waals surface area contributed by atoms with Crippen LogP contribution in [0.25, 0.3) is 0 Å². The van der Waals surface area contributed by atoms with Crippen molar-refractivity contribution in [2.75, 3.05) is 0 Å². The van der Waals surface area contributed by atoms with Crippen LogP contribution in [0.2, 0.25) is 0 Å². The van der Waals surface area contributed by atoms with Crippen LogP contribution in [0.4, 0.5) is 8.78 Å². The second-order valence-electron chi connectivity index (χ2n) is 4.67. The average Bonchev–Trinajstić information content (AvgIpc) is 2.38. The number of hydrogen-bond donors (Lipinski definition) is 0. The Balaban J connectivity index is 2.94. The molecule has 102 valence electrons. The third-order valence-electron chi connectivity index (χ3n) is 3.16. The molecule has 0 amide bonds. The molecule has 1 aromatic carbocycles. The molecule has 0 aromatic heterocycles. The number of hydrogen-bond acceptors (Lipinski definition) is 2. The number of unbranched alkanes of at least 4 members (excludes halogenated alkanes) is 1. The largest absolute Gasteiger partial charge is 0.298 e. The van der Waals surface area contributed by atoms with Crippen molar-refractivity contribution in [2.24, 2.45) is 5.92 Å². The second-order valence-corrected chi connectivity index (χ2v) is 4.67. The van der Waals surface area contributed by atoms with Gasteiger partial charge in [0.05, 0.1) is 6.07 Å². The van der Waals surface area contributed by atoms with E-state index in [0.29, 0.717) is 12.5 Å². The first-order valence-electron chi connectivity index (χ1n) is 6.39. The smallest absolute Gasteiger partial charge is 0.157 e. The molecule has 4 heteroatoms. The third kappa shape index (κ3) is 3.85. The van der Waals surface area contributed by atoms with Gasteiger partial charge in [-0.1, -0.05) is 32.8 Å². The van der Waals surface area contributed by atoms with Crippen LogP contribution in [0.1, 0.15) is 44.6 Å². The normalized spacial score (nSPS) is 13.6. The molecule has 0 heterocycles. The highest BCUT2D eigenvalue weighted by atomic mass is 19.1. The second kappa shape index (κ2) is 6.98. The van der Waals surface area contributed by atoms with Gasteiger partial charge in [-0.3, -0.25) is 4.79 Å². The number of nitrogens with zero attached hydrogens (tertiary/aromatic N) is 1. The zero-order valence-corrected chi connectivity index (χ0v) is 11.1. The summed E-state index contributed by atoms with van der Waals surface area (Å²) in [5.74, 6) is -3.32. The molecule has 0 aliphatic heterocycles. The molecule has 19 heavy (non-hydrogen) atoms. The zero-order valence-electron chi connectivity index (χ0n) is 11.1. The van der Waals surface area contributed by atoms with E-state index < -0.39 is 17.6 Å². The fourth-order valence-electron chi connectivity index (χ4n) is 1.96. The fraction of sp³-hybridized carbons (Fsp3) is 0.467. The van der Waals surface area contributed by atoms with Crippen LogP contribution in [0.5, 0.6) is 0 Å². The van der Waals surface area contributed by atoms with E-state index in [1.807, 2.05) is 13.0 Å². The summed E-state index contributed by atoms with van der Waals surface area (Å²) in [5.41, 5.74) is -0.0442. The number of carbonyl (C=O) groups excluding carboxylic acids is 1. The van der Waals surface area contributed by atoms with Crippen molar-refractivity contribution in [1.29, 1.82) is 5.26 Å². The topological polar surface area (TPSA) is 40.9 Å². The quantitative estimate of drug-likeness (QED) is 0.781. The van der Waals surface area contributed by atoms with Crippen LogP contribution in [-0.2, 0) is 4.79 Å². The van der Waals surface area contributed by atoms with Crippen LogP contribution in [0.15, 0.2) is 18.2 Å². The monoisotopic (exact) mass is 265 g/mol. The summed E-state index contributed by atoms with van der Waals surface area (Å²) in [5, 5.41) is 9.09. The van der Waals surface area contributed by atoms with Crippen molar-refractivity contribution in [3.8, 4) is 6.07 Å². The van der Waals surface area contributed by atoms with Gasteiger partial charge in [-0.25, -0.2) is 8.78 Å². The van der Waals surface area contributed by atoms with E-state index in [0.717, 1.165) is 18.9 Å². The summed E-state index contributed by atoms with van der Waals surface area (Å²) in [6, 6.07) is 4.75. The van der Waals surface area contributed by atoms with E-state index in [1.165, 1.54) is 6.07 Å². The van der Waals surface area contributed by atoms with Gasteiger partial charge in [0, 0.05) is 17.5 Å². The number of nitriles is 1. The lowest BCUT2D eigenvalue weighted by molar-refractivity contribution is -0.122. The van der Waals surface area contributed by atoms with E-state index in [-0.39, 0.29) is 17.3 Å². The average molecular weight is 265 g/mol. The van der Waals surface area contributed by atoms with Crippen molar-refractivity contribution in [1.82, 2.24) is 0 Å². The van der Waals surface area contributed by atoms with Crippen LogP contribution < -0.4 is 0 Å². The molecule has 0 fully saturated rings. The van der Waals surface area contributed by atoms with Gasteiger partial charge in [0.25, 0.3) is 0 Å². The highest BCUT2D eigenvalue weighted by Crippen LogP contribution is 2.25. The van der Waals surface area contributed by atoms with E-state index >= 15 is 0 Å². The number of ketones is 1. The van der Waals surface area contributed by atoms with Gasteiger partial charge in [0.2, 0.25) is 0 Å². The number of benzene rings is 1. The Kier molecular flexibility index (Phi) is 5.62. The van der Waals surface area contributed by atoms with Gasteiger partial charge in [0.1, 0.15) is 17.6 Å². The SMILES string of the molecule is CCCCC(C)C(=O)C(C#N)c1ccc(F)cc1F. The third-order valence-corrected chi connectivity index (χ3v) is 3.16. The standard InChI is InChI=1S/C15H17F2NO/c1-3-4-5-10(2)15(19)13(9-18)12-7-6-11(16)8-14(12)17/h6-8,10,13H,3-5H2,1-2H3. The molecule has 0 radical (unpaired) electrons. The van der Waals surface area contributed by atoms with Crippen LogP contribution in [0, 0.1) is 28.9 Å². The zero-order chi connectivity index (χ0) is 14.4. The van der Waals surface area contributed by atoms with Crippen molar-refractivity contribution < 1.29 is 13.6 Å². The predicted molar refractivity (Wildman–Crippen MR) is 68.4 cm³/mol. The Morgan fingerprint density at radius 3 is 2.63 bits per heavy atom. The molecule has 0 aliphatic carbocycles. The molecule has 2 unspecified atom stereocenters. The first-order valence-corrected chi connectivity index (χ1v) is 6.39. The molecule has 0 aliphatic rings. The van der Waals surface area contributed by atoms with Crippen molar-refractivity contribution >= 4 is 5.78 Å². The minimum atomic E-state index is -1.16. The number of Topliss-reactive ketones (excluding diaryl/α,β-unsaturated/α-hetero) is 1. The number of carbonyl (C=O) groups is 1. The van der Waals surface area contributed by atoms with E-state index in [2.05, 4.69) is 0 Å². The Bertz CT molecular complexity index is 493. The Hall–Kier alpha value is -1.76. The Labute approximate surface area is 112 Å². The summed E-state index contributed by atoms with van der Waals surface area (Å²) in [6.45, 7) is 3.75. The van der Waals surface area contributed by atoms with Gasteiger partial charge in [0.15, 0.2) is 5.78 Å². The first kappa shape index (κ1) is 15.3. The van der Waals surface area contributed by atoms with E-state index in [9.17, 15) is 13.6 Å². The Morgan fingerprint density at radius 1 is 1.42 bits per heavy atom. The van der Waals surface area contributed by atoms with Gasteiger partial charge in [-0.15, -0.1) is 0 Å². The molecule has 0 bridgehead atoms. The molecular formula is C15H17F2NO. The molecule has 0 N–H and O–H groups in total. The summed E-state index contributed by atoms with van der Waals surface area (Å²) in [7, 11) is 0. The maximum Gasteiger partial charge on any atom is 0.157 e. The Morgan fingerprint density at radius 2 is 2.11 bits per heavy atom. The molecule has 1 aromatic rings. The van der Waals surface area contributed by atoms with Gasteiger partial charge >= 0.3 is 0 Å². The van der Waals surface area contributed by atoms with Gasteiger partial charge < -0.3 is 0 Å². The molecule has 2 atom stereocenters. The molecule has 2 nitrogen and oxygen atoms in total. The van der Waals surface area contributed by atoms with E-state index in [4.69, 9.17) is 5.26 Å². The summed E-state index contributed by atoms with van der Waals surface area (Å²) >= 11 is 0. The minimum Gasteiger partial charge on any atom is -0.298 e. The maximum absolute atomic E-state index is 13.6. The maximum atomic E-state index is 13.6. The van der Waals surface area contributed by atoms with E-state index in [1.54, 1.807) is 6.92 Å². The van der Waals surface area contributed by atoms with Crippen molar-refractivity contribution in [2.45, 2.75) is 39.0 Å². The van der Waals surface area contributed by atoms with Gasteiger partial charge in [-0.2, -0.15) is 5.26 Å². The minimum absolute atomic E-state index is 0.0442. The van der Waals surface area contributed by atoms with Crippen molar-refractivity contribution in [3.63, 3.8) is 0 Å². The highest BCUT2D eigenvalue weighted by molar-refractivity contribution is 5.90. The summed E-state index contributed by atoms with van der Waals surface area (Å²) in [6.07, 6.45) is 2.52. The molecule has 0 spiro atoms. The van der Waals surface area contributed by atoms with Crippen LogP contribution in [0.3, 0.4) is 0 Å². The lowest BCUT2D eigenvalue weighted by Gasteiger charge is -2.15. The predicted octanol–water partition coefficient (Wildman–Crippen LogP) is 3.97. The number of halogens is 2. The van der Waals surface area contributed by atoms with Crippen molar-refractivity contribution in [3.05, 3.63) is 35.4 Å². The number of rotatable bonds is 6. The molecule has 1 rings (SSSR count). The summed E-state index contributed by atoms with van der Waals surface area (Å²) < 4.78 is 26.5. The fourth-order valence-corrected chi connectivity index (χ4v) is 1.96.